The summed E-state index contributed by atoms with van der Waals surface area (Å²) in [5.41, 5.74) is 5.20. The number of ether oxygens (including phenoxy) is 2. The molecule has 2 amide bonds. The molecule has 0 radical (unpaired) electrons. The second-order valence-corrected chi connectivity index (χ2v) is 8.61. The molecule has 0 saturated carbocycles. The zero-order valence-electron chi connectivity index (χ0n) is 18.3. The molecule has 164 valence electrons. The first-order chi connectivity index (χ1) is 16.1. The van der Waals surface area contributed by atoms with Gasteiger partial charge in [0.2, 0.25) is 0 Å². The van der Waals surface area contributed by atoms with Gasteiger partial charge in [-0.15, -0.1) is 0 Å². The lowest BCUT2D eigenvalue weighted by Gasteiger charge is -2.45. The van der Waals surface area contributed by atoms with Gasteiger partial charge in [0.25, 0.3) is 11.8 Å². The van der Waals surface area contributed by atoms with Crippen LogP contribution in [0.1, 0.15) is 39.7 Å². The second-order valence-electron chi connectivity index (χ2n) is 8.61. The minimum Gasteiger partial charge on any atom is -0.497 e. The van der Waals surface area contributed by atoms with Crippen molar-refractivity contribution in [2.24, 2.45) is 16.9 Å². The van der Waals surface area contributed by atoms with Crippen LogP contribution in [-0.2, 0) is 9.59 Å². The fourth-order valence-corrected chi connectivity index (χ4v) is 5.84. The normalized spacial score (nSPS) is 24.6. The predicted molar refractivity (Wildman–Crippen MR) is 123 cm³/mol. The molecule has 0 N–H and O–H groups in total. The van der Waals surface area contributed by atoms with Crippen LogP contribution in [0.3, 0.4) is 0 Å². The summed E-state index contributed by atoms with van der Waals surface area (Å²) in [5.74, 6) is -0.465. The van der Waals surface area contributed by atoms with Crippen LogP contribution in [0.15, 0.2) is 71.8 Å². The number of hydrogen-bond donors (Lipinski definition) is 0. The summed E-state index contributed by atoms with van der Waals surface area (Å²) in [7, 11) is 3.14. The van der Waals surface area contributed by atoms with Gasteiger partial charge in [0.05, 0.1) is 32.3 Å². The first kappa shape index (κ1) is 19.7. The van der Waals surface area contributed by atoms with Crippen molar-refractivity contribution in [3.05, 3.63) is 94.5 Å². The van der Waals surface area contributed by atoms with E-state index >= 15 is 0 Å². The highest BCUT2D eigenvalue weighted by molar-refractivity contribution is 6.08. The Labute approximate surface area is 191 Å². The van der Waals surface area contributed by atoms with Crippen molar-refractivity contribution in [1.82, 2.24) is 5.01 Å². The SMILES string of the molecule is COc1ccc(OC)c(/C=N\N2C(=O)[C@@H]3C4c5ccccc5C(c5ccccc54)[C@H]3C2=O)c1. The molecule has 2 bridgehead atoms. The Morgan fingerprint density at radius 2 is 1.27 bits per heavy atom. The molecule has 33 heavy (non-hydrogen) atoms. The van der Waals surface area contributed by atoms with E-state index < -0.39 is 11.8 Å². The average Bonchev–Trinajstić information content (AvgIpc) is 3.12. The smallest absolute Gasteiger partial charge is 0.254 e. The van der Waals surface area contributed by atoms with E-state index in [0.717, 1.165) is 27.3 Å². The highest BCUT2D eigenvalue weighted by atomic mass is 16.5. The molecule has 2 atom stereocenters. The van der Waals surface area contributed by atoms with Gasteiger partial charge in [-0.2, -0.15) is 10.1 Å². The third kappa shape index (κ3) is 2.70. The van der Waals surface area contributed by atoms with Crippen LogP contribution in [0.2, 0.25) is 0 Å². The summed E-state index contributed by atoms with van der Waals surface area (Å²) in [6, 6.07) is 21.7. The molecule has 3 aliphatic carbocycles. The number of methoxy groups -OCH3 is 2. The van der Waals surface area contributed by atoms with E-state index in [1.807, 2.05) is 24.3 Å². The Hall–Kier alpha value is -3.93. The van der Waals surface area contributed by atoms with E-state index in [2.05, 4.69) is 29.4 Å². The Kier molecular flexibility index (Phi) is 4.37. The fraction of sp³-hybridized carbons (Fsp3) is 0.222. The quantitative estimate of drug-likeness (QED) is 0.457. The van der Waals surface area contributed by atoms with Gasteiger partial charge in [0.15, 0.2) is 0 Å². The Morgan fingerprint density at radius 3 is 1.73 bits per heavy atom. The lowest BCUT2D eigenvalue weighted by atomic mass is 9.55. The molecule has 6 heteroatoms. The maximum Gasteiger partial charge on any atom is 0.254 e. The van der Waals surface area contributed by atoms with Gasteiger partial charge in [-0.05, 0) is 40.5 Å². The molecule has 1 fully saturated rings. The number of hydrazone groups is 1. The summed E-state index contributed by atoms with van der Waals surface area (Å²) >= 11 is 0. The van der Waals surface area contributed by atoms with Gasteiger partial charge >= 0.3 is 0 Å². The van der Waals surface area contributed by atoms with Crippen molar-refractivity contribution >= 4 is 18.0 Å². The number of carbonyl (C=O) groups is 2. The Bertz CT molecular complexity index is 1220. The first-order valence-electron chi connectivity index (χ1n) is 11.0. The van der Waals surface area contributed by atoms with Crippen LogP contribution in [0.4, 0.5) is 0 Å². The topological polar surface area (TPSA) is 68.2 Å². The fourth-order valence-electron chi connectivity index (χ4n) is 5.84. The van der Waals surface area contributed by atoms with Crippen molar-refractivity contribution in [2.75, 3.05) is 14.2 Å². The highest BCUT2D eigenvalue weighted by Gasteiger charge is 2.61. The second kappa shape index (κ2) is 7.30. The number of carbonyl (C=O) groups excluding carboxylic acids is 2. The maximum absolute atomic E-state index is 13.6. The van der Waals surface area contributed by atoms with Crippen molar-refractivity contribution in [1.29, 1.82) is 0 Å². The molecule has 1 heterocycles. The predicted octanol–water partition coefficient (Wildman–Crippen LogP) is 3.93. The summed E-state index contributed by atoms with van der Waals surface area (Å²) in [6.07, 6.45) is 1.50. The van der Waals surface area contributed by atoms with Gasteiger partial charge in [-0.25, -0.2) is 0 Å². The first-order valence-corrected chi connectivity index (χ1v) is 11.0. The molecule has 3 aromatic rings. The van der Waals surface area contributed by atoms with Crippen molar-refractivity contribution in [3.8, 4) is 11.5 Å². The number of benzene rings is 3. The van der Waals surface area contributed by atoms with Gasteiger partial charge < -0.3 is 9.47 Å². The number of nitrogens with zero attached hydrogens (tertiary/aromatic N) is 2. The van der Waals surface area contributed by atoms with Crippen LogP contribution in [0.25, 0.3) is 0 Å². The van der Waals surface area contributed by atoms with E-state index in [1.54, 1.807) is 32.4 Å². The van der Waals surface area contributed by atoms with Gasteiger partial charge in [-0.1, -0.05) is 48.5 Å². The molecule has 4 aliphatic rings. The van der Waals surface area contributed by atoms with Crippen LogP contribution < -0.4 is 9.47 Å². The van der Waals surface area contributed by atoms with Gasteiger partial charge in [0, 0.05) is 17.4 Å². The zero-order chi connectivity index (χ0) is 22.7. The molecule has 7 rings (SSSR count). The molecule has 3 aromatic carbocycles. The zero-order valence-corrected chi connectivity index (χ0v) is 18.3. The lowest BCUT2D eigenvalue weighted by molar-refractivity contribution is -0.139. The third-order valence-electron chi connectivity index (χ3n) is 7.17. The van der Waals surface area contributed by atoms with Crippen molar-refractivity contribution in [2.45, 2.75) is 11.8 Å². The monoisotopic (exact) mass is 438 g/mol. The molecule has 0 aromatic heterocycles. The molecule has 0 unspecified atom stereocenters. The molecule has 1 aliphatic heterocycles. The van der Waals surface area contributed by atoms with E-state index in [0.29, 0.717) is 17.1 Å². The Morgan fingerprint density at radius 1 is 0.758 bits per heavy atom. The molecular formula is C27H22N2O4. The van der Waals surface area contributed by atoms with E-state index in [9.17, 15) is 9.59 Å². The number of amides is 2. The van der Waals surface area contributed by atoms with Crippen LogP contribution in [-0.4, -0.2) is 37.3 Å². The highest BCUT2D eigenvalue weighted by Crippen LogP contribution is 2.60. The summed E-state index contributed by atoms with van der Waals surface area (Å²) in [4.78, 5) is 27.2. The number of hydrogen-bond acceptors (Lipinski definition) is 5. The number of imide groups is 1. The molecule has 1 saturated heterocycles. The summed E-state index contributed by atoms with van der Waals surface area (Å²) in [5, 5.41) is 5.42. The van der Waals surface area contributed by atoms with Crippen molar-refractivity contribution in [3.63, 3.8) is 0 Å². The van der Waals surface area contributed by atoms with Crippen LogP contribution >= 0.6 is 0 Å². The van der Waals surface area contributed by atoms with Gasteiger partial charge in [-0.3, -0.25) is 9.59 Å². The van der Waals surface area contributed by atoms with E-state index in [4.69, 9.17) is 9.47 Å². The van der Waals surface area contributed by atoms with E-state index in [-0.39, 0.29) is 23.7 Å². The lowest BCUT2D eigenvalue weighted by Crippen LogP contribution is -2.41. The summed E-state index contributed by atoms with van der Waals surface area (Å²) < 4.78 is 10.7. The molecule has 0 spiro atoms. The Balaban J connectivity index is 1.43. The maximum atomic E-state index is 13.6. The van der Waals surface area contributed by atoms with Gasteiger partial charge in [0.1, 0.15) is 11.5 Å². The average molecular weight is 438 g/mol. The van der Waals surface area contributed by atoms with E-state index in [1.165, 1.54) is 6.21 Å². The van der Waals surface area contributed by atoms with Crippen molar-refractivity contribution < 1.29 is 19.1 Å². The third-order valence-corrected chi connectivity index (χ3v) is 7.17. The minimum absolute atomic E-state index is 0.143. The number of rotatable bonds is 4. The standard InChI is InChI=1S/C27H22N2O4/c1-32-16-11-12-21(33-2)15(13-16)14-28-29-26(30)24-22-17-7-3-4-8-18(17)23(25(24)27(29)31)20-10-6-5-9-19(20)22/h3-14,22-25H,1-2H3/b28-14-/t22?,23?,24-,25-/m1/s1. The van der Waals surface area contributed by atoms with Crippen LogP contribution in [0.5, 0.6) is 11.5 Å². The molecule has 6 nitrogen and oxygen atoms in total. The molecular weight excluding hydrogens is 416 g/mol. The largest absolute Gasteiger partial charge is 0.497 e. The summed E-state index contributed by atoms with van der Waals surface area (Å²) in [6.45, 7) is 0. The minimum atomic E-state index is -0.448. The van der Waals surface area contributed by atoms with Crippen LogP contribution in [0, 0.1) is 11.8 Å².